The van der Waals surface area contributed by atoms with Crippen molar-refractivity contribution in [2.45, 2.75) is 38.8 Å². The van der Waals surface area contributed by atoms with E-state index in [1.807, 2.05) is 56.7 Å². The first-order valence-electron chi connectivity index (χ1n) is 8.51. The highest BCUT2D eigenvalue weighted by Gasteiger charge is 2.30. The van der Waals surface area contributed by atoms with Crippen molar-refractivity contribution in [2.75, 3.05) is 18.0 Å². The van der Waals surface area contributed by atoms with E-state index in [0.29, 0.717) is 12.1 Å². The number of nitriles is 1. The molecule has 2 aromatic rings. The molecule has 1 amide bonds. The summed E-state index contributed by atoms with van der Waals surface area (Å²) in [6.07, 6.45) is 0.188. The minimum Gasteiger partial charge on any atom is -0.444 e. The molecule has 1 aliphatic rings. The van der Waals surface area contributed by atoms with E-state index in [2.05, 4.69) is 16.3 Å². The number of nitrogens with zero attached hydrogens (tertiary/aromatic N) is 3. The van der Waals surface area contributed by atoms with Crippen molar-refractivity contribution in [1.29, 1.82) is 5.26 Å². The lowest BCUT2D eigenvalue weighted by Gasteiger charge is -2.23. The van der Waals surface area contributed by atoms with E-state index >= 15 is 0 Å². The average molecular weight is 340 g/mol. The molecular weight excluding hydrogens is 316 g/mol. The quantitative estimate of drug-likeness (QED) is 0.912. The molecule has 25 heavy (non-hydrogen) atoms. The second-order valence-electron chi connectivity index (χ2n) is 7.52. The molecule has 0 saturated carbocycles. The van der Waals surface area contributed by atoms with Crippen LogP contribution in [0.3, 0.4) is 0 Å². The number of anilines is 1. The van der Waals surface area contributed by atoms with E-state index < -0.39 is 6.09 Å². The van der Waals surface area contributed by atoms with Crippen molar-refractivity contribution in [3.8, 4) is 6.07 Å². The zero-order valence-electron chi connectivity index (χ0n) is 15.2. The van der Waals surface area contributed by atoms with Crippen LogP contribution in [-0.2, 0) is 11.8 Å². The van der Waals surface area contributed by atoms with E-state index in [0.717, 1.165) is 29.7 Å². The van der Waals surface area contributed by atoms with E-state index in [1.165, 1.54) is 0 Å². The van der Waals surface area contributed by atoms with Gasteiger partial charge in [-0.15, -0.1) is 0 Å². The van der Waals surface area contributed by atoms with Gasteiger partial charge in [0.1, 0.15) is 23.6 Å². The second-order valence-corrected chi connectivity index (χ2v) is 7.52. The number of carbonyl (C=O) groups is 1. The van der Waals surface area contributed by atoms with Crippen LogP contribution in [0.2, 0.25) is 0 Å². The van der Waals surface area contributed by atoms with Gasteiger partial charge < -0.3 is 19.5 Å². The topological polar surface area (TPSA) is 70.3 Å². The van der Waals surface area contributed by atoms with Gasteiger partial charge in [0.25, 0.3) is 0 Å². The lowest BCUT2D eigenvalue weighted by molar-refractivity contribution is 0.101. The first kappa shape index (κ1) is 17.2. The summed E-state index contributed by atoms with van der Waals surface area (Å²) in [7, 11) is 1.97. The van der Waals surface area contributed by atoms with Crippen LogP contribution < -0.4 is 10.2 Å². The highest BCUT2D eigenvalue weighted by atomic mass is 16.6. The van der Waals surface area contributed by atoms with Gasteiger partial charge in [-0.3, -0.25) is 0 Å². The van der Waals surface area contributed by atoms with Gasteiger partial charge in [0.15, 0.2) is 0 Å². The van der Waals surface area contributed by atoms with E-state index in [1.54, 1.807) is 0 Å². The minimum absolute atomic E-state index is 0.174. The van der Waals surface area contributed by atoms with E-state index in [4.69, 9.17) is 4.74 Å². The lowest BCUT2D eigenvalue weighted by Crippen LogP contribution is -2.42. The highest BCUT2D eigenvalue weighted by molar-refractivity contribution is 5.92. The van der Waals surface area contributed by atoms with Crippen molar-refractivity contribution >= 4 is 22.8 Å². The number of rotatable bonds is 2. The number of benzene rings is 1. The van der Waals surface area contributed by atoms with Crippen LogP contribution >= 0.6 is 0 Å². The monoisotopic (exact) mass is 340 g/mol. The molecule has 1 fully saturated rings. The normalized spacial score (nSPS) is 17.6. The first-order valence-corrected chi connectivity index (χ1v) is 8.51. The fourth-order valence-electron chi connectivity index (χ4n) is 3.36. The zero-order valence-corrected chi connectivity index (χ0v) is 15.2. The summed E-state index contributed by atoms with van der Waals surface area (Å²) in [5.41, 5.74) is 1.39. The number of ether oxygens (including phenoxy) is 1. The van der Waals surface area contributed by atoms with Crippen molar-refractivity contribution in [1.82, 2.24) is 9.88 Å². The molecule has 1 aliphatic heterocycles. The van der Waals surface area contributed by atoms with Crippen molar-refractivity contribution in [2.24, 2.45) is 7.05 Å². The molecule has 1 N–H and O–H groups in total. The maximum absolute atomic E-state index is 12.0. The maximum Gasteiger partial charge on any atom is 0.407 e. The third-order valence-electron chi connectivity index (χ3n) is 4.38. The van der Waals surface area contributed by atoms with Crippen LogP contribution in [0.1, 0.15) is 32.8 Å². The molecule has 6 heteroatoms. The fourth-order valence-corrected chi connectivity index (χ4v) is 3.36. The zero-order chi connectivity index (χ0) is 18.2. The number of carbonyl (C=O) groups excluding carboxylic acids is 1. The predicted molar refractivity (Wildman–Crippen MR) is 97.6 cm³/mol. The molecule has 0 radical (unpaired) electrons. The highest BCUT2D eigenvalue weighted by Crippen LogP contribution is 2.33. The Morgan fingerprint density at radius 1 is 1.36 bits per heavy atom. The van der Waals surface area contributed by atoms with Crippen molar-refractivity contribution in [3.05, 3.63) is 29.8 Å². The Morgan fingerprint density at radius 3 is 2.76 bits per heavy atom. The SMILES string of the molecule is Cn1c(N2CC[C@H](OC(=O)NC(C)(C)C)C2)c(C#N)c2ccccc21. The van der Waals surface area contributed by atoms with Gasteiger partial charge in [0, 0.05) is 30.9 Å². The van der Waals surface area contributed by atoms with Crippen LogP contribution in [0.25, 0.3) is 10.9 Å². The second kappa shape index (κ2) is 6.32. The molecule has 1 aromatic carbocycles. The molecule has 0 spiro atoms. The molecule has 132 valence electrons. The number of alkyl carbamates (subject to hydrolysis) is 1. The summed E-state index contributed by atoms with van der Waals surface area (Å²) < 4.78 is 7.59. The van der Waals surface area contributed by atoms with Gasteiger partial charge in [-0.2, -0.15) is 5.26 Å². The summed E-state index contributed by atoms with van der Waals surface area (Å²) in [6.45, 7) is 7.11. The molecule has 3 rings (SSSR count). The molecule has 0 aliphatic carbocycles. The molecule has 6 nitrogen and oxygen atoms in total. The van der Waals surface area contributed by atoms with E-state index in [-0.39, 0.29) is 11.6 Å². The Bertz CT molecular complexity index is 841. The molecule has 1 saturated heterocycles. The average Bonchev–Trinajstić information content (AvgIpc) is 3.08. The summed E-state index contributed by atoms with van der Waals surface area (Å²) in [5.74, 6) is 0.894. The van der Waals surface area contributed by atoms with Gasteiger partial charge in [-0.05, 0) is 26.8 Å². The predicted octanol–water partition coefficient (Wildman–Crippen LogP) is 3.15. The molecule has 1 aromatic heterocycles. The Hall–Kier alpha value is -2.68. The Kier molecular flexibility index (Phi) is 4.34. The standard InChI is InChI=1S/C19H24N4O2/c1-19(2,3)21-18(24)25-13-9-10-23(12-13)17-15(11-20)14-7-5-6-8-16(14)22(17)4/h5-8,13H,9-10,12H2,1-4H3,(H,21,24)/t13-/m0/s1. The van der Waals surface area contributed by atoms with Gasteiger partial charge >= 0.3 is 6.09 Å². The number of hydrogen-bond acceptors (Lipinski definition) is 4. The summed E-state index contributed by atoms with van der Waals surface area (Å²) in [6, 6.07) is 10.2. The Balaban J connectivity index is 1.79. The summed E-state index contributed by atoms with van der Waals surface area (Å²) in [4.78, 5) is 14.1. The summed E-state index contributed by atoms with van der Waals surface area (Å²) in [5, 5.41) is 13.4. The number of aromatic nitrogens is 1. The van der Waals surface area contributed by atoms with E-state index in [9.17, 15) is 10.1 Å². The number of aryl methyl sites for hydroxylation is 1. The number of hydrogen-bond donors (Lipinski definition) is 1. The molecule has 2 heterocycles. The smallest absolute Gasteiger partial charge is 0.407 e. The van der Waals surface area contributed by atoms with Gasteiger partial charge in [-0.25, -0.2) is 4.79 Å². The Morgan fingerprint density at radius 2 is 2.08 bits per heavy atom. The van der Waals surface area contributed by atoms with Crippen LogP contribution in [0.5, 0.6) is 0 Å². The minimum atomic E-state index is -0.392. The summed E-state index contributed by atoms with van der Waals surface area (Å²) >= 11 is 0. The van der Waals surface area contributed by atoms with Crippen LogP contribution in [0.15, 0.2) is 24.3 Å². The molecule has 0 unspecified atom stereocenters. The van der Waals surface area contributed by atoms with Gasteiger partial charge in [0.05, 0.1) is 12.1 Å². The largest absolute Gasteiger partial charge is 0.444 e. The number of nitrogens with one attached hydrogen (secondary N) is 1. The van der Waals surface area contributed by atoms with Crippen LogP contribution in [0, 0.1) is 11.3 Å². The third-order valence-corrected chi connectivity index (χ3v) is 4.38. The third kappa shape index (κ3) is 3.41. The number of fused-ring (bicyclic) bond motifs is 1. The number of para-hydroxylation sites is 1. The van der Waals surface area contributed by atoms with Crippen molar-refractivity contribution in [3.63, 3.8) is 0 Å². The number of amides is 1. The Labute approximate surface area is 148 Å². The fraction of sp³-hybridized carbons (Fsp3) is 0.474. The van der Waals surface area contributed by atoms with Gasteiger partial charge in [0.2, 0.25) is 0 Å². The molecule has 0 bridgehead atoms. The molecular formula is C19H24N4O2. The van der Waals surface area contributed by atoms with Crippen molar-refractivity contribution < 1.29 is 9.53 Å². The molecule has 1 atom stereocenters. The van der Waals surface area contributed by atoms with Gasteiger partial charge in [-0.1, -0.05) is 18.2 Å². The maximum atomic E-state index is 12.0. The lowest BCUT2D eigenvalue weighted by atomic mass is 10.1. The van der Waals surface area contributed by atoms with Crippen LogP contribution in [0.4, 0.5) is 10.6 Å². The van der Waals surface area contributed by atoms with Crippen LogP contribution in [-0.4, -0.2) is 35.4 Å². The first-order chi connectivity index (χ1) is 11.8.